The second-order valence-corrected chi connectivity index (χ2v) is 4.27. The first-order valence-corrected chi connectivity index (χ1v) is 7.68. The lowest BCUT2D eigenvalue weighted by Crippen LogP contribution is -2.35. The molecular formula is C15H29N3O7. The minimum Gasteiger partial charge on any atom is -0.400 e. The Morgan fingerprint density at radius 1 is 1.28 bits per heavy atom. The van der Waals surface area contributed by atoms with Gasteiger partial charge < -0.3 is 14.6 Å². The summed E-state index contributed by atoms with van der Waals surface area (Å²) >= 11 is 0. The normalized spacial score (nSPS) is 12.0. The van der Waals surface area contributed by atoms with Gasteiger partial charge in [0.05, 0.1) is 6.10 Å². The van der Waals surface area contributed by atoms with Crippen molar-refractivity contribution >= 4 is 5.91 Å². The molecule has 1 rings (SSSR count). The summed E-state index contributed by atoms with van der Waals surface area (Å²) in [7, 11) is 3.91. The summed E-state index contributed by atoms with van der Waals surface area (Å²) in [5, 5.41) is 7.00. The van der Waals surface area contributed by atoms with Gasteiger partial charge in [-0.05, 0) is 0 Å². The van der Waals surface area contributed by atoms with Crippen molar-refractivity contribution in [1.29, 1.82) is 0 Å². The van der Waals surface area contributed by atoms with Gasteiger partial charge in [-0.2, -0.15) is 0 Å². The van der Waals surface area contributed by atoms with Crippen LogP contribution in [-0.2, 0) is 19.1 Å². The standard InChI is InChI=1S/C12H19N3O6.C2H6.CH4O/c1-8(16)14-21-7-9(19-2)6-11(20-3)15-5-4-10(17)13-12(15)18;2*1-2/h4-5,9,11H,6-7H2,1-3H3,(H,14,16)(H,13,17,18);1-2H3;2H,1H3. The first-order chi connectivity index (χ1) is 12.0. The Kier molecular flexibility index (Phi) is 15.7. The summed E-state index contributed by atoms with van der Waals surface area (Å²) in [6.07, 6.45) is 0.579. The number of hydroxylamine groups is 1. The summed E-state index contributed by atoms with van der Waals surface area (Å²) in [5.74, 6) is -0.329. The molecule has 3 N–H and O–H groups in total. The van der Waals surface area contributed by atoms with Gasteiger partial charge in [0.25, 0.3) is 5.56 Å². The number of aromatic amines is 1. The zero-order chi connectivity index (χ0) is 19.8. The third kappa shape index (κ3) is 10.5. The van der Waals surface area contributed by atoms with E-state index < -0.39 is 23.6 Å². The molecule has 146 valence electrons. The molecule has 2 atom stereocenters. The van der Waals surface area contributed by atoms with Gasteiger partial charge in [-0.1, -0.05) is 13.8 Å². The topological polar surface area (TPSA) is 132 Å². The van der Waals surface area contributed by atoms with E-state index >= 15 is 0 Å². The highest BCUT2D eigenvalue weighted by Gasteiger charge is 2.19. The number of nitrogens with zero attached hydrogens (tertiary/aromatic N) is 1. The first-order valence-electron chi connectivity index (χ1n) is 7.68. The van der Waals surface area contributed by atoms with Crippen LogP contribution in [-0.4, -0.2) is 54.6 Å². The maximum absolute atomic E-state index is 11.7. The molecule has 0 aliphatic heterocycles. The van der Waals surface area contributed by atoms with Gasteiger partial charge in [-0.15, -0.1) is 0 Å². The van der Waals surface area contributed by atoms with E-state index in [4.69, 9.17) is 19.4 Å². The zero-order valence-corrected chi connectivity index (χ0v) is 15.6. The van der Waals surface area contributed by atoms with Crippen molar-refractivity contribution in [3.8, 4) is 0 Å². The molecule has 0 aromatic carbocycles. The largest absolute Gasteiger partial charge is 0.400 e. The fourth-order valence-corrected chi connectivity index (χ4v) is 1.67. The van der Waals surface area contributed by atoms with Crippen molar-refractivity contribution in [3.63, 3.8) is 0 Å². The van der Waals surface area contributed by atoms with Crippen LogP contribution < -0.4 is 16.7 Å². The molecule has 0 radical (unpaired) electrons. The van der Waals surface area contributed by atoms with Gasteiger partial charge in [-0.3, -0.25) is 24.0 Å². The maximum Gasteiger partial charge on any atom is 0.330 e. The predicted octanol–water partition coefficient (Wildman–Crippen LogP) is -0.211. The molecule has 1 heterocycles. The summed E-state index contributed by atoms with van der Waals surface area (Å²) in [6.45, 7) is 5.41. The van der Waals surface area contributed by atoms with Crippen molar-refractivity contribution in [1.82, 2.24) is 15.0 Å². The number of aliphatic hydroxyl groups excluding tert-OH is 1. The van der Waals surface area contributed by atoms with Crippen molar-refractivity contribution in [3.05, 3.63) is 33.1 Å². The molecule has 25 heavy (non-hydrogen) atoms. The van der Waals surface area contributed by atoms with E-state index in [0.717, 1.165) is 7.11 Å². The van der Waals surface area contributed by atoms with E-state index in [1.54, 1.807) is 0 Å². The van der Waals surface area contributed by atoms with E-state index in [1.165, 1.54) is 38.0 Å². The Bertz CT molecular complexity index is 571. The molecule has 0 aliphatic carbocycles. The summed E-state index contributed by atoms with van der Waals surface area (Å²) < 4.78 is 11.7. The fraction of sp³-hybridized carbons (Fsp3) is 0.667. The molecule has 1 aromatic rings. The molecule has 0 bridgehead atoms. The third-order valence-electron chi connectivity index (χ3n) is 2.72. The Morgan fingerprint density at radius 3 is 2.32 bits per heavy atom. The van der Waals surface area contributed by atoms with Crippen LogP contribution in [0.3, 0.4) is 0 Å². The molecular weight excluding hydrogens is 334 g/mol. The summed E-state index contributed by atoms with van der Waals surface area (Å²) in [4.78, 5) is 40.6. The molecule has 10 heteroatoms. The number of nitrogens with one attached hydrogen (secondary N) is 2. The first kappa shape index (κ1) is 25.2. The number of amides is 1. The van der Waals surface area contributed by atoms with Crippen LogP contribution in [0.5, 0.6) is 0 Å². The van der Waals surface area contributed by atoms with Crippen LogP contribution in [0.4, 0.5) is 0 Å². The molecule has 1 aromatic heterocycles. The van der Waals surface area contributed by atoms with E-state index in [0.29, 0.717) is 6.42 Å². The minimum absolute atomic E-state index is 0.0913. The number of carbonyl (C=O) groups excluding carboxylic acids is 1. The monoisotopic (exact) mass is 363 g/mol. The molecule has 0 aliphatic rings. The van der Waals surface area contributed by atoms with E-state index in [1.807, 2.05) is 13.8 Å². The highest BCUT2D eigenvalue weighted by Crippen LogP contribution is 2.14. The van der Waals surface area contributed by atoms with Crippen LogP contribution in [0, 0.1) is 0 Å². The molecule has 0 fully saturated rings. The van der Waals surface area contributed by atoms with Crippen molar-refractivity contribution in [2.75, 3.05) is 27.9 Å². The predicted molar refractivity (Wildman–Crippen MR) is 92.0 cm³/mol. The smallest absolute Gasteiger partial charge is 0.330 e. The number of aromatic nitrogens is 2. The van der Waals surface area contributed by atoms with Crippen LogP contribution in [0.1, 0.15) is 33.4 Å². The zero-order valence-electron chi connectivity index (χ0n) is 15.6. The highest BCUT2D eigenvalue weighted by molar-refractivity contribution is 5.71. The number of hydrogen-bond acceptors (Lipinski definition) is 7. The van der Waals surface area contributed by atoms with Crippen LogP contribution in [0.15, 0.2) is 21.9 Å². The fourth-order valence-electron chi connectivity index (χ4n) is 1.67. The van der Waals surface area contributed by atoms with E-state index in [2.05, 4.69) is 10.5 Å². The number of H-pyrrole nitrogens is 1. The van der Waals surface area contributed by atoms with Crippen LogP contribution in [0.25, 0.3) is 0 Å². The van der Waals surface area contributed by atoms with Gasteiger partial charge in [-0.25, -0.2) is 10.3 Å². The molecule has 0 spiro atoms. The third-order valence-corrected chi connectivity index (χ3v) is 2.72. The van der Waals surface area contributed by atoms with Crippen molar-refractivity contribution < 1.29 is 24.2 Å². The Hall–Kier alpha value is -2.01. The molecule has 10 nitrogen and oxygen atoms in total. The Balaban J connectivity index is 0. The summed E-state index contributed by atoms with van der Waals surface area (Å²) in [5.41, 5.74) is 1.12. The Labute approximate surface area is 146 Å². The quantitative estimate of drug-likeness (QED) is 0.544. The second kappa shape index (κ2) is 15.5. The SMILES string of the molecule is CC.CO.COC(CONC(C)=O)CC(OC)n1ccc(=O)[nH]c1=O. The Morgan fingerprint density at radius 2 is 1.88 bits per heavy atom. The van der Waals surface area contributed by atoms with E-state index in [-0.39, 0.29) is 12.5 Å². The number of ether oxygens (including phenoxy) is 2. The van der Waals surface area contributed by atoms with E-state index in [9.17, 15) is 14.4 Å². The molecule has 2 unspecified atom stereocenters. The van der Waals surface area contributed by atoms with Gasteiger partial charge >= 0.3 is 5.69 Å². The number of aliphatic hydroxyl groups is 1. The number of methoxy groups -OCH3 is 2. The lowest BCUT2D eigenvalue weighted by Gasteiger charge is -2.22. The summed E-state index contributed by atoms with van der Waals surface area (Å²) in [6, 6.07) is 1.23. The number of carbonyl (C=O) groups is 1. The average Bonchev–Trinajstić information content (AvgIpc) is 2.62. The lowest BCUT2D eigenvalue weighted by molar-refractivity contribution is -0.135. The minimum atomic E-state index is -0.639. The maximum atomic E-state index is 11.7. The molecule has 0 saturated heterocycles. The van der Waals surface area contributed by atoms with Crippen molar-refractivity contribution in [2.24, 2.45) is 0 Å². The molecule has 0 saturated carbocycles. The lowest BCUT2D eigenvalue weighted by atomic mass is 10.2. The van der Waals surface area contributed by atoms with Crippen LogP contribution in [0.2, 0.25) is 0 Å². The number of rotatable bonds is 8. The van der Waals surface area contributed by atoms with Gasteiger partial charge in [0.1, 0.15) is 12.8 Å². The molecule has 1 amide bonds. The van der Waals surface area contributed by atoms with Gasteiger partial charge in [0.2, 0.25) is 5.91 Å². The van der Waals surface area contributed by atoms with Crippen LogP contribution >= 0.6 is 0 Å². The van der Waals surface area contributed by atoms with Gasteiger partial charge in [0, 0.05) is 46.9 Å². The highest BCUT2D eigenvalue weighted by atomic mass is 16.7. The average molecular weight is 363 g/mol. The van der Waals surface area contributed by atoms with Gasteiger partial charge in [0.15, 0.2) is 0 Å². The number of hydrogen-bond donors (Lipinski definition) is 3. The second-order valence-electron chi connectivity index (χ2n) is 4.27. The van der Waals surface area contributed by atoms with Crippen molar-refractivity contribution in [2.45, 2.75) is 39.5 Å².